The summed E-state index contributed by atoms with van der Waals surface area (Å²) in [5.41, 5.74) is -0.208. The number of ether oxygens (including phenoxy) is 2. The van der Waals surface area contributed by atoms with E-state index in [0.29, 0.717) is 13.1 Å². The number of carbonyl (C=O) groups is 1. The average Bonchev–Trinajstić information content (AvgIpc) is 2.55. The quantitative estimate of drug-likeness (QED) is 0.873. The summed E-state index contributed by atoms with van der Waals surface area (Å²) >= 11 is 0. The van der Waals surface area contributed by atoms with Crippen molar-refractivity contribution < 1.29 is 14.3 Å². The summed E-state index contributed by atoms with van der Waals surface area (Å²) in [6, 6.07) is 9.82. The van der Waals surface area contributed by atoms with E-state index in [1.165, 1.54) is 0 Å². The number of rotatable bonds is 4. The molecular weight excluding hydrogens is 330 g/mol. The monoisotopic (exact) mass is 359 g/mol. The minimum atomic E-state index is -0.614. The molecule has 0 atom stereocenters. The first-order valence-electron chi connectivity index (χ1n) is 9.02. The first-order chi connectivity index (χ1) is 12.1. The summed E-state index contributed by atoms with van der Waals surface area (Å²) in [5.74, 6) is 0.793. The zero-order valence-electron chi connectivity index (χ0n) is 16.3. The number of anilines is 1. The number of amides is 1. The maximum atomic E-state index is 12.1. The predicted octanol–water partition coefficient (Wildman–Crippen LogP) is 4.18. The van der Waals surface area contributed by atoms with Gasteiger partial charge in [0.2, 0.25) is 0 Å². The van der Waals surface area contributed by atoms with Gasteiger partial charge in [-0.3, -0.25) is 0 Å². The van der Waals surface area contributed by atoms with Gasteiger partial charge >= 0.3 is 6.09 Å². The fourth-order valence-electron chi connectivity index (χ4n) is 2.68. The summed E-state index contributed by atoms with van der Waals surface area (Å²) in [5, 5.41) is 12.2. The molecule has 2 rings (SSSR count). The van der Waals surface area contributed by atoms with Gasteiger partial charge in [-0.25, -0.2) is 4.79 Å². The van der Waals surface area contributed by atoms with Crippen molar-refractivity contribution in [3.8, 4) is 11.8 Å². The van der Waals surface area contributed by atoms with Crippen LogP contribution in [0.3, 0.4) is 0 Å². The summed E-state index contributed by atoms with van der Waals surface area (Å²) in [4.78, 5) is 13.8. The Labute approximate surface area is 156 Å². The summed E-state index contributed by atoms with van der Waals surface area (Å²) in [7, 11) is 0. The second kappa shape index (κ2) is 7.86. The molecule has 0 aromatic heterocycles. The maximum Gasteiger partial charge on any atom is 0.410 e. The van der Waals surface area contributed by atoms with Gasteiger partial charge in [0.15, 0.2) is 0 Å². The minimum absolute atomic E-state index is 0.0862. The molecule has 26 heavy (non-hydrogen) atoms. The van der Waals surface area contributed by atoms with E-state index in [-0.39, 0.29) is 12.2 Å². The Morgan fingerprint density at radius 2 is 1.73 bits per heavy atom. The van der Waals surface area contributed by atoms with Crippen LogP contribution >= 0.6 is 0 Å². The van der Waals surface area contributed by atoms with Crippen LogP contribution in [0.1, 0.15) is 47.5 Å². The van der Waals surface area contributed by atoms with Crippen LogP contribution in [0.15, 0.2) is 24.3 Å². The molecule has 0 bridgehead atoms. The van der Waals surface area contributed by atoms with Crippen molar-refractivity contribution in [3.05, 3.63) is 24.3 Å². The number of piperidine rings is 1. The van der Waals surface area contributed by atoms with Gasteiger partial charge in [0.1, 0.15) is 23.0 Å². The number of nitrogens with one attached hydrogen (secondary N) is 1. The number of hydrogen-bond acceptors (Lipinski definition) is 5. The van der Waals surface area contributed by atoms with Crippen molar-refractivity contribution in [1.82, 2.24) is 4.90 Å². The SMILES string of the molecule is CC(C)(C#N)Nc1ccc(OC2CCN(C(=O)OC(C)(C)C)CC2)cc1. The van der Waals surface area contributed by atoms with Gasteiger partial charge in [0.25, 0.3) is 0 Å². The Morgan fingerprint density at radius 1 is 1.15 bits per heavy atom. The normalized spacial score (nSPS) is 15.9. The molecule has 1 aromatic rings. The van der Waals surface area contributed by atoms with E-state index in [1.54, 1.807) is 4.90 Å². The van der Waals surface area contributed by atoms with Gasteiger partial charge in [-0.2, -0.15) is 5.26 Å². The molecule has 1 aromatic carbocycles. The van der Waals surface area contributed by atoms with Crippen molar-refractivity contribution >= 4 is 11.8 Å². The van der Waals surface area contributed by atoms with Crippen molar-refractivity contribution in [2.75, 3.05) is 18.4 Å². The van der Waals surface area contributed by atoms with Crippen LogP contribution in [0, 0.1) is 11.3 Å². The molecule has 1 heterocycles. The molecule has 1 aliphatic rings. The van der Waals surface area contributed by atoms with Crippen LogP contribution in [0.5, 0.6) is 5.75 Å². The number of nitriles is 1. The smallest absolute Gasteiger partial charge is 0.410 e. The van der Waals surface area contributed by atoms with Crippen LogP contribution in [0.25, 0.3) is 0 Å². The average molecular weight is 359 g/mol. The lowest BCUT2D eigenvalue weighted by atomic mass is 10.1. The van der Waals surface area contributed by atoms with E-state index in [1.807, 2.05) is 58.9 Å². The molecule has 0 spiro atoms. The molecule has 0 unspecified atom stereocenters. The predicted molar refractivity (Wildman–Crippen MR) is 101 cm³/mol. The molecular formula is C20H29N3O3. The second-order valence-electron chi connectivity index (χ2n) is 8.17. The van der Waals surface area contributed by atoms with Crippen molar-refractivity contribution in [1.29, 1.82) is 5.26 Å². The molecule has 0 radical (unpaired) electrons. The van der Waals surface area contributed by atoms with Crippen molar-refractivity contribution in [3.63, 3.8) is 0 Å². The highest BCUT2D eigenvalue weighted by Crippen LogP contribution is 2.23. The van der Waals surface area contributed by atoms with E-state index >= 15 is 0 Å². The number of likely N-dealkylation sites (tertiary alicyclic amines) is 1. The molecule has 0 saturated carbocycles. The highest BCUT2D eigenvalue weighted by molar-refractivity contribution is 5.68. The van der Waals surface area contributed by atoms with Gasteiger partial charge in [-0.15, -0.1) is 0 Å². The highest BCUT2D eigenvalue weighted by Gasteiger charge is 2.27. The zero-order valence-corrected chi connectivity index (χ0v) is 16.3. The van der Waals surface area contributed by atoms with Gasteiger partial charge in [-0.1, -0.05) is 0 Å². The Balaban J connectivity index is 1.82. The minimum Gasteiger partial charge on any atom is -0.490 e. The molecule has 1 saturated heterocycles. The Kier molecular flexibility index (Phi) is 6.01. The fourth-order valence-corrected chi connectivity index (χ4v) is 2.68. The third kappa shape index (κ3) is 6.14. The van der Waals surface area contributed by atoms with E-state index in [4.69, 9.17) is 14.7 Å². The van der Waals surface area contributed by atoms with Gasteiger partial charge in [-0.05, 0) is 58.9 Å². The summed E-state index contributed by atoms with van der Waals surface area (Å²) in [6.45, 7) is 10.5. The molecule has 6 heteroatoms. The maximum absolute atomic E-state index is 12.1. The number of hydrogen-bond donors (Lipinski definition) is 1. The molecule has 142 valence electrons. The second-order valence-corrected chi connectivity index (χ2v) is 8.17. The first kappa shape index (κ1) is 19.9. The van der Waals surface area contributed by atoms with Crippen LogP contribution in [-0.4, -0.2) is 41.3 Å². The lowest BCUT2D eigenvalue weighted by Gasteiger charge is -2.33. The molecule has 1 fully saturated rings. The van der Waals surface area contributed by atoms with Crippen LogP contribution in [-0.2, 0) is 4.74 Å². The highest BCUT2D eigenvalue weighted by atomic mass is 16.6. The lowest BCUT2D eigenvalue weighted by Crippen LogP contribution is -2.44. The fraction of sp³-hybridized carbons (Fsp3) is 0.600. The molecule has 6 nitrogen and oxygen atoms in total. The first-order valence-corrected chi connectivity index (χ1v) is 9.02. The van der Waals surface area contributed by atoms with Crippen LogP contribution in [0.2, 0.25) is 0 Å². The Bertz CT molecular complexity index is 648. The van der Waals surface area contributed by atoms with E-state index in [0.717, 1.165) is 24.3 Å². The van der Waals surface area contributed by atoms with E-state index in [9.17, 15) is 4.79 Å². The largest absolute Gasteiger partial charge is 0.490 e. The van der Waals surface area contributed by atoms with E-state index < -0.39 is 11.1 Å². The van der Waals surface area contributed by atoms with Gasteiger partial charge < -0.3 is 19.7 Å². The van der Waals surface area contributed by atoms with Crippen LogP contribution in [0.4, 0.5) is 10.5 Å². The number of nitrogens with zero attached hydrogens (tertiary/aromatic N) is 2. The number of benzene rings is 1. The zero-order chi connectivity index (χ0) is 19.4. The Hall–Kier alpha value is -2.42. The third-order valence-corrected chi connectivity index (χ3v) is 3.99. The summed E-state index contributed by atoms with van der Waals surface area (Å²) in [6.07, 6.45) is 1.39. The summed E-state index contributed by atoms with van der Waals surface area (Å²) < 4.78 is 11.4. The lowest BCUT2D eigenvalue weighted by molar-refractivity contribution is 0.0126. The Morgan fingerprint density at radius 3 is 2.23 bits per heavy atom. The molecule has 0 aliphatic carbocycles. The molecule has 1 N–H and O–H groups in total. The molecule has 1 amide bonds. The number of carbonyl (C=O) groups excluding carboxylic acids is 1. The third-order valence-electron chi connectivity index (χ3n) is 3.99. The van der Waals surface area contributed by atoms with Crippen molar-refractivity contribution in [2.24, 2.45) is 0 Å². The standard InChI is InChI=1S/C20H29N3O3/c1-19(2,3)26-18(24)23-12-10-17(11-13-23)25-16-8-6-15(7-9-16)22-20(4,5)14-21/h6-9,17,22H,10-13H2,1-5H3. The topological polar surface area (TPSA) is 74.6 Å². The van der Waals surface area contributed by atoms with Crippen LogP contribution < -0.4 is 10.1 Å². The van der Waals surface area contributed by atoms with E-state index in [2.05, 4.69) is 11.4 Å². The van der Waals surface area contributed by atoms with Crippen molar-refractivity contribution in [2.45, 2.75) is 64.7 Å². The molecule has 1 aliphatic heterocycles. The van der Waals surface area contributed by atoms with Gasteiger partial charge in [0.05, 0.1) is 6.07 Å². The van der Waals surface area contributed by atoms with Gasteiger partial charge in [0, 0.05) is 31.6 Å².